The first-order valence-corrected chi connectivity index (χ1v) is 7.66. The van der Waals surface area contributed by atoms with Crippen LogP contribution < -0.4 is 10.2 Å². The molecule has 0 amide bonds. The van der Waals surface area contributed by atoms with Crippen LogP contribution >= 0.6 is 0 Å². The van der Waals surface area contributed by atoms with Gasteiger partial charge in [0.15, 0.2) is 0 Å². The van der Waals surface area contributed by atoms with Crippen molar-refractivity contribution < 1.29 is 4.92 Å². The van der Waals surface area contributed by atoms with E-state index in [1.807, 2.05) is 12.1 Å². The highest BCUT2D eigenvalue weighted by Gasteiger charge is 2.40. The molecule has 1 atom stereocenters. The predicted octanol–water partition coefficient (Wildman–Crippen LogP) is 2.33. The first kappa shape index (κ1) is 13.5. The van der Waals surface area contributed by atoms with Crippen LogP contribution in [-0.2, 0) is 0 Å². The molecule has 22 heavy (non-hydrogen) atoms. The van der Waals surface area contributed by atoms with Gasteiger partial charge in [-0.15, -0.1) is 0 Å². The molecule has 2 aliphatic rings. The Kier molecular flexibility index (Phi) is 3.00. The van der Waals surface area contributed by atoms with Gasteiger partial charge in [0, 0.05) is 42.6 Å². The first-order valence-electron chi connectivity index (χ1n) is 7.66. The van der Waals surface area contributed by atoms with Crippen molar-refractivity contribution in [2.24, 2.45) is 5.41 Å². The van der Waals surface area contributed by atoms with Gasteiger partial charge < -0.3 is 10.2 Å². The van der Waals surface area contributed by atoms with Crippen LogP contribution in [0.5, 0.6) is 0 Å². The predicted molar refractivity (Wildman–Crippen MR) is 85.1 cm³/mol. The van der Waals surface area contributed by atoms with Gasteiger partial charge in [-0.2, -0.15) is 0 Å². The minimum atomic E-state index is -0.370. The first-order chi connectivity index (χ1) is 10.7. The monoisotopic (exact) mass is 298 g/mol. The molecule has 2 fully saturated rings. The lowest BCUT2D eigenvalue weighted by atomic mass is 9.87. The van der Waals surface area contributed by atoms with E-state index in [9.17, 15) is 10.1 Å². The highest BCUT2D eigenvalue weighted by molar-refractivity contribution is 5.82. The third-order valence-electron chi connectivity index (χ3n) is 4.96. The molecule has 3 heterocycles. The van der Waals surface area contributed by atoms with Crippen LogP contribution in [0.25, 0.3) is 10.9 Å². The smallest absolute Gasteiger partial charge is 0.270 e. The van der Waals surface area contributed by atoms with Crippen LogP contribution in [0.15, 0.2) is 30.3 Å². The number of nitrogens with zero attached hydrogens (tertiary/aromatic N) is 3. The van der Waals surface area contributed by atoms with Crippen molar-refractivity contribution >= 4 is 22.4 Å². The third kappa shape index (κ3) is 2.20. The molecular weight excluding hydrogens is 280 g/mol. The number of anilines is 1. The lowest BCUT2D eigenvalue weighted by Gasteiger charge is -2.23. The van der Waals surface area contributed by atoms with E-state index in [4.69, 9.17) is 4.98 Å². The largest absolute Gasteiger partial charge is 0.356 e. The summed E-state index contributed by atoms with van der Waals surface area (Å²) < 4.78 is 0. The standard InChI is InChI=1S/C16H18N4O2/c21-20(22)13-2-3-14-12(9-13)1-4-15(18-14)19-8-6-16(11-19)5-7-17-10-16/h1-4,9,17H,5-8,10-11H2. The molecule has 1 aromatic heterocycles. The number of aromatic nitrogens is 1. The summed E-state index contributed by atoms with van der Waals surface area (Å²) in [5, 5.41) is 15.1. The van der Waals surface area contributed by atoms with Crippen LogP contribution in [0, 0.1) is 15.5 Å². The van der Waals surface area contributed by atoms with Gasteiger partial charge in [0.1, 0.15) is 5.82 Å². The average molecular weight is 298 g/mol. The average Bonchev–Trinajstić information content (AvgIpc) is 3.17. The van der Waals surface area contributed by atoms with Gasteiger partial charge in [0.05, 0.1) is 10.4 Å². The summed E-state index contributed by atoms with van der Waals surface area (Å²) in [6.45, 7) is 4.30. The van der Waals surface area contributed by atoms with E-state index in [0.717, 1.165) is 42.9 Å². The second kappa shape index (κ2) is 4.91. The molecule has 1 unspecified atom stereocenters. The molecule has 0 aliphatic carbocycles. The van der Waals surface area contributed by atoms with Gasteiger partial charge >= 0.3 is 0 Å². The van der Waals surface area contributed by atoms with Crippen LogP contribution in [-0.4, -0.2) is 36.1 Å². The van der Waals surface area contributed by atoms with Crippen molar-refractivity contribution in [3.8, 4) is 0 Å². The minimum absolute atomic E-state index is 0.110. The minimum Gasteiger partial charge on any atom is -0.356 e. The van der Waals surface area contributed by atoms with Gasteiger partial charge in [-0.1, -0.05) is 0 Å². The number of hydrogen-bond acceptors (Lipinski definition) is 5. The number of rotatable bonds is 2. The Hall–Kier alpha value is -2.21. The normalized spacial score (nSPS) is 24.5. The second-order valence-electron chi connectivity index (χ2n) is 6.40. The quantitative estimate of drug-likeness (QED) is 0.680. The van der Waals surface area contributed by atoms with Crippen molar-refractivity contribution in [2.75, 3.05) is 31.1 Å². The Bertz CT molecular complexity index is 740. The molecule has 2 aliphatic heterocycles. The van der Waals surface area contributed by atoms with Gasteiger partial charge in [-0.05, 0) is 37.6 Å². The number of nitro benzene ring substituents is 1. The van der Waals surface area contributed by atoms with Crippen molar-refractivity contribution in [1.29, 1.82) is 0 Å². The number of pyridine rings is 1. The number of benzene rings is 1. The topological polar surface area (TPSA) is 71.3 Å². The molecule has 1 spiro atoms. The Balaban J connectivity index is 1.63. The van der Waals surface area contributed by atoms with Crippen LogP contribution in [0.4, 0.5) is 11.5 Å². The Morgan fingerprint density at radius 3 is 2.95 bits per heavy atom. The van der Waals surface area contributed by atoms with E-state index in [-0.39, 0.29) is 10.6 Å². The van der Waals surface area contributed by atoms with Gasteiger partial charge in [0.25, 0.3) is 5.69 Å². The highest BCUT2D eigenvalue weighted by Crippen LogP contribution is 2.38. The summed E-state index contributed by atoms with van der Waals surface area (Å²) in [6.07, 6.45) is 2.45. The summed E-state index contributed by atoms with van der Waals surface area (Å²) in [5.41, 5.74) is 1.33. The molecular formula is C16H18N4O2. The van der Waals surface area contributed by atoms with E-state index in [1.165, 1.54) is 18.9 Å². The fraction of sp³-hybridized carbons (Fsp3) is 0.438. The fourth-order valence-electron chi connectivity index (χ4n) is 3.67. The SMILES string of the molecule is O=[N+]([O-])c1ccc2nc(N3CCC4(CCNC4)C3)ccc2c1. The number of nitrogens with one attached hydrogen (secondary N) is 1. The zero-order valence-electron chi connectivity index (χ0n) is 12.3. The van der Waals surface area contributed by atoms with E-state index in [0.29, 0.717) is 5.41 Å². The maximum absolute atomic E-state index is 10.8. The molecule has 0 radical (unpaired) electrons. The third-order valence-corrected chi connectivity index (χ3v) is 4.96. The van der Waals surface area contributed by atoms with Crippen LogP contribution in [0.2, 0.25) is 0 Å². The Morgan fingerprint density at radius 2 is 2.18 bits per heavy atom. The molecule has 2 saturated heterocycles. The van der Waals surface area contributed by atoms with Crippen LogP contribution in [0.3, 0.4) is 0 Å². The zero-order valence-corrected chi connectivity index (χ0v) is 12.3. The van der Waals surface area contributed by atoms with E-state index >= 15 is 0 Å². The van der Waals surface area contributed by atoms with Crippen molar-refractivity contribution in [2.45, 2.75) is 12.8 Å². The van der Waals surface area contributed by atoms with E-state index in [1.54, 1.807) is 12.1 Å². The maximum Gasteiger partial charge on any atom is 0.270 e. The summed E-state index contributed by atoms with van der Waals surface area (Å²) >= 11 is 0. The van der Waals surface area contributed by atoms with E-state index in [2.05, 4.69) is 10.2 Å². The summed E-state index contributed by atoms with van der Waals surface area (Å²) in [6, 6.07) is 8.75. The lowest BCUT2D eigenvalue weighted by Crippen LogP contribution is -2.29. The number of nitro groups is 1. The zero-order chi connectivity index (χ0) is 15.2. The number of hydrogen-bond donors (Lipinski definition) is 1. The van der Waals surface area contributed by atoms with Gasteiger partial charge in [-0.3, -0.25) is 10.1 Å². The number of fused-ring (bicyclic) bond motifs is 1. The van der Waals surface area contributed by atoms with Crippen LogP contribution in [0.1, 0.15) is 12.8 Å². The molecule has 4 rings (SSSR count). The Labute approximate surface area is 128 Å². The van der Waals surface area contributed by atoms with E-state index < -0.39 is 0 Å². The van der Waals surface area contributed by atoms with Gasteiger partial charge in [0.2, 0.25) is 0 Å². The molecule has 0 saturated carbocycles. The molecule has 1 aromatic carbocycles. The lowest BCUT2D eigenvalue weighted by molar-refractivity contribution is -0.384. The molecule has 0 bridgehead atoms. The highest BCUT2D eigenvalue weighted by atomic mass is 16.6. The molecule has 6 heteroatoms. The molecule has 6 nitrogen and oxygen atoms in total. The second-order valence-corrected chi connectivity index (χ2v) is 6.40. The van der Waals surface area contributed by atoms with Crippen molar-refractivity contribution in [3.05, 3.63) is 40.4 Å². The summed E-state index contributed by atoms with van der Waals surface area (Å²) in [7, 11) is 0. The van der Waals surface area contributed by atoms with Crippen molar-refractivity contribution in [1.82, 2.24) is 10.3 Å². The Morgan fingerprint density at radius 1 is 1.27 bits per heavy atom. The van der Waals surface area contributed by atoms with Crippen molar-refractivity contribution in [3.63, 3.8) is 0 Å². The van der Waals surface area contributed by atoms with Gasteiger partial charge in [-0.25, -0.2) is 4.98 Å². The summed E-state index contributed by atoms with van der Waals surface area (Å²) in [5.74, 6) is 0.977. The maximum atomic E-state index is 10.8. The molecule has 1 N–H and O–H groups in total. The molecule has 114 valence electrons. The molecule has 2 aromatic rings. The fourth-order valence-corrected chi connectivity index (χ4v) is 3.67. The number of non-ortho nitro benzene ring substituents is 1. The summed E-state index contributed by atoms with van der Waals surface area (Å²) in [4.78, 5) is 17.5.